The molecule has 0 bridgehead atoms. The number of nitrogens with two attached hydrogens (primary N) is 1. The van der Waals surface area contributed by atoms with E-state index in [2.05, 4.69) is 0 Å². The van der Waals surface area contributed by atoms with E-state index in [9.17, 15) is 0 Å². The van der Waals surface area contributed by atoms with Gasteiger partial charge in [0.05, 0.1) is 6.61 Å². The quantitative estimate of drug-likeness (QED) is 0.459. The fourth-order valence-corrected chi connectivity index (χ4v) is 1.14. The topological polar surface area (TPSA) is 55.5 Å². The number of aliphatic hydroxyl groups excluding tert-OH is 1. The predicted octanol–water partition coefficient (Wildman–Crippen LogP) is -1.02. The number of hydrogen-bond acceptors (Lipinski definition) is 3. The van der Waals surface area contributed by atoms with Crippen LogP contribution in [0.2, 0.25) is 0 Å². The van der Waals surface area contributed by atoms with Gasteiger partial charge in [-0.25, -0.2) is 0 Å². The average molecular weight is 141 g/mol. The lowest BCUT2D eigenvalue weighted by atomic mass is 9.92. The monoisotopic (exact) mass is 141 g/mol. The van der Waals surface area contributed by atoms with Crippen LogP contribution >= 0.6 is 0 Å². The van der Waals surface area contributed by atoms with Crippen molar-refractivity contribution < 1.29 is 9.84 Å². The minimum Gasteiger partial charge on any atom is -0.393 e. The predicted molar refractivity (Wildman–Crippen MR) is 38.7 cm³/mol. The number of rotatable bonds is 1. The maximum atomic E-state index is 8.85. The van der Waals surface area contributed by atoms with E-state index in [4.69, 9.17) is 23.4 Å². The van der Waals surface area contributed by atoms with Crippen molar-refractivity contribution >= 4 is 7.85 Å². The Kier molecular flexibility index (Phi) is 2.03. The lowest BCUT2D eigenvalue weighted by Crippen LogP contribution is -2.45. The summed E-state index contributed by atoms with van der Waals surface area (Å²) in [5.41, 5.74) is 5.02. The first-order chi connectivity index (χ1) is 4.58. The molecule has 3 nitrogen and oxygen atoms in total. The first kappa shape index (κ1) is 8.05. The molecular weight excluding hydrogens is 129 g/mol. The highest BCUT2D eigenvalue weighted by atomic mass is 16.5. The molecule has 1 heterocycles. The zero-order valence-corrected chi connectivity index (χ0v) is 6.08. The molecule has 0 aromatic rings. The van der Waals surface area contributed by atoms with Crippen LogP contribution in [0.25, 0.3) is 0 Å². The molecule has 0 spiro atoms. The van der Waals surface area contributed by atoms with Gasteiger partial charge in [0.1, 0.15) is 13.4 Å². The minimum absolute atomic E-state index is 0.0676. The van der Waals surface area contributed by atoms with Gasteiger partial charge in [0, 0.05) is 12.0 Å². The van der Waals surface area contributed by atoms with Crippen LogP contribution in [-0.2, 0) is 4.74 Å². The van der Waals surface area contributed by atoms with Gasteiger partial charge in [0.25, 0.3) is 0 Å². The SMILES string of the molecule is [B][C@H]1CC(N)C(C)(CO)O1. The maximum Gasteiger partial charge on any atom is 0.109 e. The smallest absolute Gasteiger partial charge is 0.109 e. The second-order valence-electron chi connectivity index (χ2n) is 2.97. The first-order valence-electron chi connectivity index (χ1n) is 3.38. The normalized spacial score (nSPS) is 47.9. The van der Waals surface area contributed by atoms with E-state index in [0.717, 1.165) is 0 Å². The summed E-state index contributed by atoms with van der Waals surface area (Å²) in [6, 6.07) is -0.459. The summed E-state index contributed by atoms with van der Waals surface area (Å²) in [7, 11) is 5.46. The van der Waals surface area contributed by atoms with E-state index >= 15 is 0 Å². The van der Waals surface area contributed by atoms with E-state index in [1.165, 1.54) is 0 Å². The summed E-state index contributed by atoms with van der Waals surface area (Å²) in [5, 5.41) is 8.85. The Morgan fingerprint density at radius 2 is 2.50 bits per heavy atom. The van der Waals surface area contributed by atoms with E-state index in [1.807, 2.05) is 0 Å². The van der Waals surface area contributed by atoms with Gasteiger partial charge in [-0.15, -0.1) is 0 Å². The summed E-state index contributed by atoms with van der Waals surface area (Å²) in [6.07, 6.45) is 0.622. The minimum atomic E-state index is -0.626. The highest BCUT2D eigenvalue weighted by Gasteiger charge is 2.40. The third-order valence-corrected chi connectivity index (χ3v) is 2.01. The van der Waals surface area contributed by atoms with E-state index in [-0.39, 0.29) is 18.7 Å². The Morgan fingerprint density at radius 1 is 1.90 bits per heavy atom. The summed E-state index contributed by atoms with van der Waals surface area (Å²) >= 11 is 0. The molecule has 0 saturated carbocycles. The standard InChI is InChI=1S/C6H12BNO2/c1-6(3-9)4(8)2-5(7)10-6/h4-5,9H,2-3,8H2,1H3/t4?,5-,6?/m1/s1. The first-order valence-corrected chi connectivity index (χ1v) is 3.38. The zero-order chi connectivity index (χ0) is 7.78. The summed E-state index contributed by atoms with van der Waals surface area (Å²) in [5.74, 6) is 0. The molecule has 0 aliphatic carbocycles. The van der Waals surface area contributed by atoms with Gasteiger partial charge in [-0.2, -0.15) is 0 Å². The Labute approximate surface area is 62.0 Å². The number of hydrogen-bond donors (Lipinski definition) is 2. The molecule has 1 aliphatic rings. The molecule has 1 aliphatic heterocycles. The van der Waals surface area contributed by atoms with Crippen molar-refractivity contribution in [2.75, 3.05) is 6.61 Å². The van der Waals surface area contributed by atoms with E-state index in [1.54, 1.807) is 6.92 Å². The highest BCUT2D eigenvalue weighted by molar-refractivity contribution is 6.11. The molecule has 10 heavy (non-hydrogen) atoms. The molecule has 3 N–H and O–H groups in total. The second-order valence-corrected chi connectivity index (χ2v) is 2.97. The molecule has 0 amide bonds. The van der Waals surface area contributed by atoms with Gasteiger partial charge in [-0.05, 0) is 13.3 Å². The van der Waals surface area contributed by atoms with Crippen molar-refractivity contribution in [2.45, 2.75) is 31.0 Å². The van der Waals surface area contributed by atoms with Gasteiger partial charge in [0.2, 0.25) is 0 Å². The largest absolute Gasteiger partial charge is 0.393 e. The van der Waals surface area contributed by atoms with Gasteiger partial charge in [0.15, 0.2) is 0 Å². The maximum absolute atomic E-state index is 8.85. The van der Waals surface area contributed by atoms with Gasteiger partial charge in [-0.3, -0.25) is 0 Å². The lowest BCUT2D eigenvalue weighted by Gasteiger charge is -2.25. The molecule has 2 unspecified atom stereocenters. The fraction of sp³-hybridized carbons (Fsp3) is 1.00. The van der Waals surface area contributed by atoms with Crippen molar-refractivity contribution in [1.29, 1.82) is 0 Å². The number of ether oxygens (including phenoxy) is 1. The zero-order valence-electron chi connectivity index (χ0n) is 6.08. The van der Waals surface area contributed by atoms with Crippen LogP contribution in [0.15, 0.2) is 0 Å². The molecule has 56 valence electrons. The molecule has 3 atom stereocenters. The van der Waals surface area contributed by atoms with Crippen molar-refractivity contribution in [1.82, 2.24) is 0 Å². The fourth-order valence-electron chi connectivity index (χ4n) is 1.14. The van der Waals surface area contributed by atoms with Crippen LogP contribution in [0.5, 0.6) is 0 Å². The van der Waals surface area contributed by atoms with Crippen molar-refractivity contribution in [3.63, 3.8) is 0 Å². The van der Waals surface area contributed by atoms with Crippen LogP contribution in [0.3, 0.4) is 0 Å². The van der Waals surface area contributed by atoms with Crippen LogP contribution in [0.1, 0.15) is 13.3 Å². The molecule has 0 aromatic heterocycles. The van der Waals surface area contributed by atoms with Gasteiger partial charge >= 0.3 is 0 Å². The summed E-state index contributed by atoms with van der Waals surface area (Å²) in [4.78, 5) is 0. The van der Waals surface area contributed by atoms with Gasteiger partial charge < -0.3 is 15.6 Å². The molecule has 1 saturated heterocycles. The molecular formula is C6H12BNO2. The molecule has 1 fully saturated rings. The van der Waals surface area contributed by atoms with Crippen LogP contribution in [0, 0.1) is 0 Å². The Bertz CT molecular complexity index is 133. The summed E-state index contributed by atoms with van der Waals surface area (Å²) < 4.78 is 5.21. The van der Waals surface area contributed by atoms with Crippen LogP contribution in [-0.4, -0.2) is 37.2 Å². The lowest BCUT2D eigenvalue weighted by molar-refractivity contribution is -0.0432. The van der Waals surface area contributed by atoms with Crippen molar-refractivity contribution in [3.8, 4) is 0 Å². The second kappa shape index (κ2) is 2.53. The van der Waals surface area contributed by atoms with Crippen LogP contribution in [0.4, 0.5) is 0 Å². The van der Waals surface area contributed by atoms with Crippen LogP contribution < -0.4 is 5.73 Å². The highest BCUT2D eigenvalue weighted by Crippen LogP contribution is 2.26. The third-order valence-electron chi connectivity index (χ3n) is 2.01. The average Bonchev–Trinajstić information content (AvgIpc) is 2.09. The Balaban J connectivity index is 2.61. The molecule has 4 heteroatoms. The molecule has 0 aromatic carbocycles. The molecule has 1 rings (SSSR count). The third kappa shape index (κ3) is 1.19. The summed E-state index contributed by atoms with van der Waals surface area (Å²) in [6.45, 7) is 1.70. The van der Waals surface area contributed by atoms with E-state index in [0.29, 0.717) is 6.42 Å². The van der Waals surface area contributed by atoms with Crippen molar-refractivity contribution in [2.24, 2.45) is 5.73 Å². The van der Waals surface area contributed by atoms with Gasteiger partial charge in [-0.1, -0.05) is 0 Å². The number of aliphatic hydroxyl groups is 1. The molecule has 2 radical (unpaired) electrons. The van der Waals surface area contributed by atoms with Crippen molar-refractivity contribution in [3.05, 3.63) is 0 Å². The Morgan fingerprint density at radius 3 is 2.70 bits per heavy atom. The Hall–Kier alpha value is -0.0551. The van der Waals surface area contributed by atoms with E-state index < -0.39 is 5.60 Å².